The molecule has 2 aromatic heterocycles. The van der Waals surface area contributed by atoms with Crippen molar-refractivity contribution in [2.75, 3.05) is 0 Å². The normalized spacial score (nSPS) is 13.8. The molecule has 0 atom stereocenters. The van der Waals surface area contributed by atoms with Gasteiger partial charge >= 0.3 is 5.97 Å². The molecule has 0 spiro atoms. The summed E-state index contributed by atoms with van der Waals surface area (Å²) in [4.78, 5) is 20.4. The molecule has 6 heteroatoms. The molecule has 0 saturated heterocycles. The highest BCUT2D eigenvalue weighted by atomic mass is 16.4. The number of hydrogen-bond acceptors (Lipinski definition) is 4. The van der Waals surface area contributed by atoms with Crippen molar-refractivity contribution < 1.29 is 9.90 Å². The topological polar surface area (TPSA) is 80.9 Å². The number of rotatable bonds is 4. The van der Waals surface area contributed by atoms with Crippen molar-refractivity contribution in [2.45, 2.75) is 18.8 Å². The molecule has 5 rings (SSSR count). The minimum Gasteiger partial charge on any atom is -0.478 e. The summed E-state index contributed by atoms with van der Waals surface area (Å²) in [6.45, 7) is 0. The van der Waals surface area contributed by atoms with Gasteiger partial charge in [-0.3, -0.25) is 0 Å². The van der Waals surface area contributed by atoms with Gasteiger partial charge in [-0.25, -0.2) is 14.8 Å². The van der Waals surface area contributed by atoms with Crippen molar-refractivity contribution in [1.29, 1.82) is 0 Å². The minimum atomic E-state index is -0.960. The van der Waals surface area contributed by atoms with Gasteiger partial charge in [-0.2, -0.15) is 9.78 Å². The summed E-state index contributed by atoms with van der Waals surface area (Å²) in [5.74, 6) is -0.0832. The van der Waals surface area contributed by atoms with Gasteiger partial charge in [-0.05, 0) is 30.5 Å². The van der Waals surface area contributed by atoms with Crippen LogP contribution in [0.2, 0.25) is 0 Å². The number of aromatic nitrogens is 4. The van der Waals surface area contributed by atoms with Crippen LogP contribution in [0.1, 0.15) is 34.8 Å². The lowest BCUT2D eigenvalue weighted by Gasteiger charge is -2.04. The van der Waals surface area contributed by atoms with E-state index in [1.807, 2.05) is 36.4 Å². The fraction of sp³-hybridized carbons (Fsp3) is 0.143. The summed E-state index contributed by atoms with van der Waals surface area (Å²) >= 11 is 0. The van der Waals surface area contributed by atoms with Gasteiger partial charge in [0.2, 0.25) is 0 Å². The van der Waals surface area contributed by atoms with E-state index in [0.29, 0.717) is 11.9 Å². The van der Waals surface area contributed by atoms with Crippen molar-refractivity contribution in [3.05, 3.63) is 72.2 Å². The monoisotopic (exact) mass is 356 g/mol. The fourth-order valence-corrected chi connectivity index (χ4v) is 3.29. The summed E-state index contributed by atoms with van der Waals surface area (Å²) in [7, 11) is 0. The van der Waals surface area contributed by atoms with Gasteiger partial charge in [0.1, 0.15) is 0 Å². The molecule has 1 aliphatic rings. The quantitative estimate of drug-likeness (QED) is 0.596. The van der Waals surface area contributed by atoms with E-state index < -0.39 is 5.97 Å². The molecule has 0 unspecified atom stereocenters. The molecule has 1 aliphatic carbocycles. The van der Waals surface area contributed by atoms with Gasteiger partial charge in [0, 0.05) is 29.3 Å². The van der Waals surface area contributed by atoms with Gasteiger partial charge in [0.15, 0.2) is 0 Å². The van der Waals surface area contributed by atoms with E-state index in [0.717, 1.165) is 40.6 Å². The van der Waals surface area contributed by atoms with Crippen molar-refractivity contribution in [3.8, 4) is 17.1 Å². The average Bonchev–Trinajstić information content (AvgIpc) is 3.49. The molecule has 1 fully saturated rings. The van der Waals surface area contributed by atoms with Gasteiger partial charge in [0.25, 0.3) is 5.95 Å². The van der Waals surface area contributed by atoms with Crippen LogP contribution in [-0.4, -0.2) is 30.8 Å². The Morgan fingerprint density at radius 3 is 2.41 bits per heavy atom. The number of carbonyl (C=O) groups is 1. The summed E-state index contributed by atoms with van der Waals surface area (Å²) in [6.07, 6.45) is 5.76. The first-order valence-corrected chi connectivity index (χ1v) is 8.84. The second-order valence-corrected chi connectivity index (χ2v) is 6.75. The predicted octanol–water partition coefficient (Wildman–Crippen LogP) is 4.06. The maximum absolute atomic E-state index is 11.4. The Morgan fingerprint density at radius 1 is 1.00 bits per heavy atom. The maximum Gasteiger partial charge on any atom is 0.335 e. The van der Waals surface area contributed by atoms with E-state index in [1.165, 1.54) is 0 Å². The highest BCUT2D eigenvalue weighted by Crippen LogP contribution is 2.42. The maximum atomic E-state index is 11.4. The largest absolute Gasteiger partial charge is 0.478 e. The Morgan fingerprint density at radius 2 is 1.74 bits per heavy atom. The first-order chi connectivity index (χ1) is 13.2. The fourth-order valence-electron chi connectivity index (χ4n) is 3.29. The molecule has 132 valence electrons. The van der Waals surface area contributed by atoms with Gasteiger partial charge in [-0.15, -0.1) is 0 Å². The first-order valence-electron chi connectivity index (χ1n) is 8.84. The van der Waals surface area contributed by atoms with Gasteiger partial charge in [-0.1, -0.05) is 36.4 Å². The Hall–Kier alpha value is -3.54. The molecular formula is C21H16N4O2. The van der Waals surface area contributed by atoms with Crippen LogP contribution >= 0.6 is 0 Å². The number of fused-ring (bicyclic) bond motifs is 1. The summed E-state index contributed by atoms with van der Waals surface area (Å²) in [6, 6.07) is 15.0. The van der Waals surface area contributed by atoms with Crippen LogP contribution in [-0.2, 0) is 0 Å². The zero-order valence-electron chi connectivity index (χ0n) is 14.4. The SMILES string of the molecule is O=C(O)c1ccc2c(C3CC3)nn(-c3ncc(-c4ccccc4)cn3)c2c1. The molecule has 0 radical (unpaired) electrons. The Bertz CT molecular complexity index is 1150. The van der Waals surface area contributed by atoms with E-state index in [4.69, 9.17) is 5.10 Å². The molecule has 0 amide bonds. The number of carboxylic acid groups (broad SMARTS) is 1. The Labute approximate surface area is 155 Å². The van der Waals surface area contributed by atoms with Crippen LogP contribution in [0, 0.1) is 0 Å². The van der Waals surface area contributed by atoms with Crippen LogP contribution in [0.15, 0.2) is 60.9 Å². The first kappa shape index (κ1) is 15.7. The van der Waals surface area contributed by atoms with Crippen LogP contribution in [0.5, 0.6) is 0 Å². The molecule has 0 bridgehead atoms. The Balaban J connectivity index is 1.63. The van der Waals surface area contributed by atoms with Crippen LogP contribution in [0.4, 0.5) is 0 Å². The number of benzene rings is 2. The van der Waals surface area contributed by atoms with E-state index in [9.17, 15) is 9.90 Å². The van der Waals surface area contributed by atoms with Crippen molar-refractivity contribution in [2.24, 2.45) is 0 Å². The number of hydrogen-bond donors (Lipinski definition) is 1. The van der Waals surface area contributed by atoms with Crippen molar-refractivity contribution >= 4 is 16.9 Å². The second kappa shape index (κ2) is 6.02. The van der Waals surface area contributed by atoms with E-state index >= 15 is 0 Å². The lowest BCUT2D eigenvalue weighted by atomic mass is 10.1. The van der Waals surface area contributed by atoms with E-state index in [2.05, 4.69) is 9.97 Å². The molecular weight excluding hydrogens is 340 g/mol. The lowest BCUT2D eigenvalue weighted by Crippen LogP contribution is -2.04. The van der Waals surface area contributed by atoms with Crippen LogP contribution in [0.3, 0.4) is 0 Å². The van der Waals surface area contributed by atoms with Gasteiger partial charge in [0.05, 0.1) is 16.8 Å². The van der Waals surface area contributed by atoms with Gasteiger partial charge < -0.3 is 5.11 Å². The zero-order chi connectivity index (χ0) is 18.4. The van der Waals surface area contributed by atoms with Crippen molar-refractivity contribution in [3.63, 3.8) is 0 Å². The highest BCUT2D eigenvalue weighted by molar-refractivity contribution is 5.94. The molecule has 1 N–H and O–H groups in total. The van der Waals surface area contributed by atoms with Crippen molar-refractivity contribution in [1.82, 2.24) is 19.7 Å². The van der Waals surface area contributed by atoms with Crippen LogP contribution < -0.4 is 0 Å². The standard InChI is InChI=1S/C21H16N4O2/c26-20(27)15-8-9-17-18(10-15)25(24-19(17)14-6-7-14)21-22-11-16(12-23-21)13-4-2-1-3-5-13/h1-5,8-12,14H,6-7H2,(H,26,27). The molecule has 4 aromatic rings. The number of carboxylic acids is 1. The molecule has 27 heavy (non-hydrogen) atoms. The van der Waals surface area contributed by atoms with E-state index in [-0.39, 0.29) is 5.56 Å². The summed E-state index contributed by atoms with van der Waals surface area (Å²) in [5.41, 5.74) is 3.92. The van der Waals surface area contributed by atoms with E-state index in [1.54, 1.807) is 29.2 Å². The molecule has 2 aromatic carbocycles. The highest BCUT2D eigenvalue weighted by Gasteiger charge is 2.30. The average molecular weight is 356 g/mol. The molecule has 2 heterocycles. The second-order valence-electron chi connectivity index (χ2n) is 6.75. The third-order valence-electron chi connectivity index (χ3n) is 4.86. The van der Waals surface area contributed by atoms with Crippen LogP contribution in [0.25, 0.3) is 28.0 Å². The smallest absolute Gasteiger partial charge is 0.335 e. The third kappa shape index (κ3) is 2.75. The molecule has 6 nitrogen and oxygen atoms in total. The third-order valence-corrected chi connectivity index (χ3v) is 4.86. The summed E-state index contributed by atoms with van der Waals surface area (Å²) in [5, 5.41) is 15.0. The lowest BCUT2D eigenvalue weighted by molar-refractivity contribution is 0.0697. The number of nitrogens with zero attached hydrogens (tertiary/aromatic N) is 4. The zero-order valence-corrected chi connectivity index (χ0v) is 14.4. The Kier molecular flexibility index (Phi) is 3.50. The number of aromatic carboxylic acids is 1. The molecule has 1 saturated carbocycles. The molecule has 0 aliphatic heterocycles. The minimum absolute atomic E-state index is 0.229. The summed E-state index contributed by atoms with van der Waals surface area (Å²) < 4.78 is 1.66. The predicted molar refractivity (Wildman–Crippen MR) is 101 cm³/mol.